The molecule has 0 bridgehead atoms. The van der Waals surface area contributed by atoms with Gasteiger partial charge >= 0.3 is 19.5 Å². The zero-order valence-corrected chi connectivity index (χ0v) is 14.2. The Morgan fingerprint density at radius 1 is 0.667 bits per heavy atom. The van der Waals surface area contributed by atoms with Crippen LogP contribution in [0, 0.1) is 0 Å². The van der Waals surface area contributed by atoms with E-state index < -0.39 is 0 Å². The fourth-order valence-electron chi connectivity index (χ4n) is 1.60. The number of unbranched alkanes of at least 4 members (excludes halogenated alkanes) is 9. The van der Waals surface area contributed by atoms with Crippen LogP contribution in [-0.4, -0.2) is 5.75 Å². The summed E-state index contributed by atoms with van der Waals surface area (Å²) < 4.78 is 0. The minimum atomic E-state index is 0. The summed E-state index contributed by atoms with van der Waals surface area (Å²) in [4.78, 5) is 0. The fraction of sp³-hybridized carbons (Fsp3) is 1.00. The van der Waals surface area contributed by atoms with Crippen molar-refractivity contribution >= 4 is 12.6 Å². The molecule has 0 radical (unpaired) electrons. The molecule has 1 nitrogen and oxygen atoms in total. The molecule has 0 aromatic carbocycles. The van der Waals surface area contributed by atoms with Gasteiger partial charge in [-0.1, -0.05) is 64.7 Å². The first kappa shape index (κ1) is 21.2. The smallest absolute Gasteiger partial charge is 2.00 e. The van der Waals surface area contributed by atoms with Crippen molar-refractivity contribution in [3.63, 3.8) is 0 Å². The minimum absolute atomic E-state index is 0. The summed E-state index contributed by atoms with van der Waals surface area (Å²) in [5.74, 6) is 1.07. The first-order chi connectivity index (χ1) is 6.41. The summed E-state index contributed by atoms with van der Waals surface area (Å²) in [5, 5.41) is 0. The van der Waals surface area contributed by atoms with Gasteiger partial charge in [-0.25, -0.2) is 0 Å². The minimum Gasteiger partial charge on any atom is -2.00 e. The monoisotopic (exact) mass is 282 g/mol. The van der Waals surface area contributed by atoms with E-state index in [1.54, 1.807) is 0 Å². The molecule has 15 heavy (non-hydrogen) atoms. The van der Waals surface area contributed by atoms with Crippen LogP contribution in [0.1, 0.15) is 71.1 Å². The third-order valence-electron chi connectivity index (χ3n) is 2.51. The molecular weight excluding hydrogens is 258 g/mol. The topological polar surface area (TPSA) is 28.5 Å². The molecule has 0 rings (SSSR count). The zero-order valence-electron chi connectivity index (χ0n) is 10.3. The molecule has 0 atom stereocenters. The normalized spacial score (nSPS) is 9.20. The molecule has 0 aromatic heterocycles. The summed E-state index contributed by atoms with van der Waals surface area (Å²) in [6.07, 6.45) is 14.2. The first-order valence-electron chi connectivity index (χ1n) is 6.02. The third-order valence-corrected chi connectivity index (χ3v) is 2.83. The standard InChI is InChI=1S/C12H26S.O.Zn/c1-2-3-4-5-6-7-8-9-10-11-12-13;;/h13H,2-12H2,1H3;;/q;-2;+2. The van der Waals surface area contributed by atoms with Crippen molar-refractivity contribution in [2.24, 2.45) is 0 Å². The van der Waals surface area contributed by atoms with Crippen LogP contribution in [0.15, 0.2) is 0 Å². The van der Waals surface area contributed by atoms with Gasteiger partial charge in [0.25, 0.3) is 0 Å². The molecule has 88 valence electrons. The quantitative estimate of drug-likeness (QED) is 0.342. The van der Waals surface area contributed by atoms with Crippen molar-refractivity contribution in [3.8, 4) is 0 Å². The predicted octanol–water partition coefficient (Wildman–Crippen LogP) is 4.72. The maximum atomic E-state index is 4.20. The van der Waals surface area contributed by atoms with E-state index in [1.165, 1.54) is 64.2 Å². The molecule has 0 N–H and O–H groups in total. The van der Waals surface area contributed by atoms with E-state index in [2.05, 4.69) is 19.6 Å². The Labute approximate surface area is 114 Å². The van der Waals surface area contributed by atoms with Gasteiger partial charge in [-0.3, -0.25) is 0 Å². The van der Waals surface area contributed by atoms with E-state index in [0.29, 0.717) is 0 Å². The molecule has 0 spiro atoms. The van der Waals surface area contributed by atoms with Gasteiger partial charge in [0.05, 0.1) is 0 Å². The Kier molecular flexibility index (Phi) is 28.8. The summed E-state index contributed by atoms with van der Waals surface area (Å²) in [6.45, 7) is 2.28. The molecule has 0 fully saturated rings. The van der Waals surface area contributed by atoms with Crippen LogP contribution >= 0.6 is 12.6 Å². The Balaban J connectivity index is -0.000000720. The first-order valence-corrected chi connectivity index (χ1v) is 6.66. The van der Waals surface area contributed by atoms with E-state index in [1.807, 2.05) is 0 Å². The van der Waals surface area contributed by atoms with Crippen LogP contribution in [0.5, 0.6) is 0 Å². The van der Waals surface area contributed by atoms with E-state index in [0.717, 1.165) is 5.75 Å². The second kappa shape index (κ2) is 20.4. The molecule has 0 saturated carbocycles. The summed E-state index contributed by atoms with van der Waals surface area (Å²) in [6, 6.07) is 0. The molecule has 0 aliphatic heterocycles. The second-order valence-electron chi connectivity index (χ2n) is 3.91. The number of hydrogen-bond acceptors (Lipinski definition) is 1. The van der Waals surface area contributed by atoms with Crippen molar-refractivity contribution in [1.29, 1.82) is 0 Å². The van der Waals surface area contributed by atoms with Crippen molar-refractivity contribution in [1.82, 2.24) is 0 Å². The van der Waals surface area contributed by atoms with Crippen molar-refractivity contribution in [2.75, 3.05) is 5.75 Å². The maximum absolute atomic E-state index is 4.20. The maximum Gasteiger partial charge on any atom is 2.00 e. The summed E-state index contributed by atoms with van der Waals surface area (Å²) >= 11 is 4.20. The van der Waals surface area contributed by atoms with Gasteiger partial charge < -0.3 is 5.48 Å². The van der Waals surface area contributed by atoms with Gasteiger partial charge in [-0.15, -0.1) is 0 Å². The molecule has 0 aliphatic rings. The van der Waals surface area contributed by atoms with Crippen molar-refractivity contribution in [3.05, 3.63) is 0 Å². The molecular formula is C12H26OSZn. The molecule has 3 heteroatoms. The Morgan fingerprint density at radius 2 is 1.00 bits per heavy atom. The van der Waals surface area contributed by atoms with Crippen LogP contribution in [0.2, 0.25) is 0 Å². The Morgan fingerprint density at radius 3 is 1.33 bits per heavy atom. The van der Waals surface area contributed by atoms with Crippen LogP contribution in [-0.2, 0) is 25.0 Å². The van der Waals surface area contributed by atoms with E-state index in [-0.39, 0.29) is 25.0 Å². The van der Waals surface area contributed by atoms with E-state index in [9.17, 15) is 0 Å². The van der Waals surface area contributed by atoms with Gasteiger partial charge in [-0.2, -0.15) is 12.6 Å². The largest absolute Gasteiger partial charge is 2.00 e. The van der Waals surface area contributed by atoms with E-state index >= 15 is 0 Å². The molecule has 0 heterocycles. The SMILES string of the molecule is CCCCCCCCCCCCS.[O-2].[Zn+2]. The predicted molar refractivity (Wildman–Crippen MR) is 66.4 cm³/mol. The second-order valence-corrected chi connectivity index (χ2v) is 4.35. The Hall–Kier alpha value is 0.933. The van der Waals surface area contributed by atoms with E-state index in [4.69, 9.17) is 0 Å². The summed E-state index contributed by atoms with van der Waals surface area (Å²) in [7, 11) is 0. The van der Waals surface area contributed by atoms with Gasteiger partial charge in [-0.05, 0) is 12.2 Å². The number of thiol groups is 1. The van der Waals surface area contributed by atoms with Crippen LogP contribution in [0.4, 0.5) is 0 Å². The van der Waals surface area contributed by atoms with Gasteiger partial charge in [0.2, 0.25) is 0 Å². The zero-order chi connectivity index (χ0) is 9.78. The van der Waals surface area contributed by atoms with Crippen LogP contribution < -0.4 is 0 Å². The molecule has 0 aromatic rings. The van der Waals surface area contributed by atoms with Gasteiger partial charge in [0.15, 0.2) is 0 Å². The third kappa shape index (κ3) is 20.9. The van der Waals surface area contributed by atoms with Gasteiger partial charge in [0.1, 0.15) is 0 Å². The van der Waals surface area contributed by atoms with Crippen molar-refractivity contribution < 1.29 is 25.0 Å². The van der Waals surface area contributed by atoms with Gasteiger partial charge in [0, 0.05) is 0 Å². The number of hydrogen-bond donors (Lipinski definition) is 1. The van der Waals surface area contributed by atoms with Crippen LogP contribution in [0.25, 0.3) is 0 Å². The molecule has 0 unspecified atom stereocenters. The molecule has 0 saturated heterocycles. The van der Waals surface area contributed by atoms with Crippen molar-refractivity contribution in [2.45, 2.75) is 71.1 Å². The molecule has 0 amide bonds. The fourth-order valence-corrected chi connectivity index (χ4v) is 1.82. The Bertz CT molecular complexity index is 81.7. The average molecular weight is 284 g/mol. The molecule has 0 aliphatic carbocycles. The van der Waals surface area contributed by atoms with Crippen LogP contribution in [0.3, 0.4) is 0 Å². The number of rotatable bonds is 10. The summed E-state index contributed by atoms with van der Waals surface area (Å²) in [5.41, 5.74) is 0. The average Bonchev–Trinajstić information content (AvgIpc) is 2.16.